The molecule has 2 amide bonds. The molecule has 0 aliphatic rings. The van der Waals surface area contributed by atoms with Crippen LogP contribution < -0.4 is 10.6 Å². The molecule has 0 aliphatic heterocycles. The number of carbonyl (C=O) groups excluding carboxylic acids is 2. The Hall–Kier alpha value is -2.67. The van der Waals surface area contributed by atoms with Crippen molar-refractivity contribution in [1.82, 2.24) is 5.32 Å². The first-order valence-electron chi connectivity index (χ1n) is 7.52. The lowest BCUT2D eigenvalue weighted by Crippen LogP contribution is -2.42. The summed E-state index contributed by atoms with van der Waals surface area (Å²) >= 11 is 3.37. The second-order valence-corrected chi connectivity index (χ2v) is 6.24. The normalized spacial score (nSPS) is 11.4. The number of hydrogen-bond acceptors (Lipinski definition) is 3. The maximum atomic E-state index is 12.5. The van der Waals surface area contributed by atoms with Crippen LogP contribution in [-0.2, 0) is 16.0 Å². The molecule has 0 heterocycles. The molecular formula is C18H17BrN2O4. The number of rotatable bonds is 6. The molecule has 0 aromatic heterocycles. The Bertz CT molecular complexity index is 807. The first kappa shape index (κ1) is 18.7. The highest BCUT2D eigenvalue weighted by Gasteiger charge is 2.23. The summed E-state index contributed by atoms with van der Waals surface area (Å²) in [4.78, 5) is 35.3. The number of carboxylic acids is 1. The van der Waals surface area contributed by atoms with Crippen LogP contribution in [0.5, 0.6) is 0 Å². The molecular weight excluding hydrogens is 388 g/mol. The van der Waals surface area contributed by atoms with Gasteiger partial charge in [-0.15, -0.1) is 0 Å². The lowest BCUT2D eigenvalue weighted by atomic mass is 10.0. The van der Waals surface area contributed by atoms with Crippen molar-refractivity contribution in [1.29, 1.82) is 0 Å². The van der Waals surface area contributed by atoms with Crippen LogP contribution in [0.3, 0.4) is 0 Å². The van der Waals surface area contributed by atoms with Gasteiger partial charge in [0.15, 0.2) is 0 Å². The average Bonchev–Trinajstić information content (AvgIpc) is 2.55. The van der Waals surface area contributed by atoms with Gasteiger partial charge in [0.05, 0.1) is 11.3 Å². The largest absolute Gasteiger partial charge is 0.480 e. The zero-order valence-electron chi connectivity index (χ0n) is 13.5. The van der Waals surface area contributed by atoms with E-state index in [1.807, 2.05) is 12.1 Å². The van der Waals surface area contributed by atoms with Gasteiger partial charge < -0.3 is 15.7 Å². The summed E-state index contributed by atoms with van der Waals surface area (Å²) in [6, 6.07) is 12.5. The number of amides is 2. The summed E-state index contributed by atoms with van der Waals surface area (Å²) in [5, 5.41) is 14.5. The van der Waals surface area contributed by atoms with E-state index in [1.54, 1.807) is 30.3 Å². The topological polar surface area (TPSA) is 95.5 Å². The van der Waals surface area contributed by atoms with Crippen LogP contribution in [0.1, 0.15) is 22.8 Å². The standard InChI is InChI=1S/C18H17BrN2O4/c1-11(22)20-15-9-5-3-7-13(15)17(23)21-16(18(24)25)10-12-6-2-4-8-14(12)19/h2-9,16H,10H2,1H3,(H,20,22)(H,21,23)(H,24,25)/t16-/m1/s1. The van der Waals surface area contributed by atoms with Gasteiger partial charge in [-0.05, 0) is 23.8 Å². The Balaban J connectivity index is 2.20. The second kappa shape index (κ2) is 8.43. The Morgan fingerprint density at radius 2 is 1.72 bits per heavy atom. The molecule has 2 aromatic carbocycles. The van der Waals surface area contributed by atoms with Crippen molar-refractivity contribution in [3.05, 3.63) is 64.1 Å². The molecule has 25 heavy (non-hydrogen) atoms. The van der Waals surface area contributed by atoms with E-state index in [4.69, 9.17) is 0 Å². The maximum absolute atomic E-state index is 12.5. The predicted octanol–water partition coefficient (Wildman–Crippen LogP) is 2.83. The molecule has 1 atom stereocenters. The van der Waals surface area contributed by atoms with E-state index in [0.717, 1.165) is 10.0 Å². The molecule has 3 N–H and O–H groups in total. The van der Waals surface area contributed by atoms with Crippen molar-refractivity contribution in [2.24, 2.45) is 0 Å². The summed E-state index contributed by atoms with van der Waals surface area (Å²) in [6.45, 7) is 1.33. The molecule has 130 valence electrons. The van der Waals surface area contributed by atoms with E-state index in [2.05, 4.69) is 26.6 Å². The first-order valence-corrected chi connectivity index (χ1v) is 8.31. The summed E-state index contributed by atoms with van der Waals surface area (Å²) in [5.41, 5.74) is 1.30. The van der Waals surface area contributed by atoms with E-state index in [9.17, 15) is 19.5 Å². The van der Waals surface area contributed by atoms with Gasteiger partial charge in [-0.1, -0.05) is 46.3 Å². The monoisotopic (exact) mass is 404 g/mol. The van der Waals surface area contributed by atoms with Crippen LogP contribution in [0.2, 0.25) is 0 Å². The van der Waals surface area contributed by atoms with E-state index >= 15 is 0 Å². The zero-order valence-corrected chi connectivity index (χ0v) is 15.0. The van der Waals surface area contributed by atoms with Crippen molar-refractivity contribution in [3.63, 3.8) is 0 Å². The summed E-state index contributed by atoms with van der Waals surface area (Å²) < 4.78 is 0.772. The molecule has 0 bridgehead atoms. The van der Waals surface area contributed by atoms with Crippen LogP contribution in [-0.4, -0.2) is 28.9 Å². The third-order valence-corrected chi connectivity index (χ3v) is 4.24. The number of aliphatic carboxylic acids is 1. The van der Waals surface area contributed by atoms with Crippen molar-refractivity contribution >= 4 is 39.4 Å². The van der Waals surface area contributed by atoms with Crippen LogP contribution >= 0.6 is 15.9 Å². The van der Waals surface area contributed by atoms with E-state index in [0.29, 0.717) is 5.69 Å². The highest BCUT2D eigenvalue weighted by molar-refractivity contribution is 9.10. The lowest BCUT2D eigenvalue weighted by molar-refractivity contribution is -0.139. The fourth-order valence-corrected chi connectivity index (χ4v) is 2.75. The lowest BCUT2D eigenvalue weighted by Gasteiger charge is -2.17. The minimum absolute atomic E-state index is 0.130. The fourth-order valence-electron chi connectivity index (χ4n) is 2.30. The van der Waals surface area contributed by atoms with E-state index in [1.165, 1.54) is 13.0 Å². The van der Waals surface area contributed by atoms with Gasteiger partial charge in [-0.3, -0.25) is 9.59 Å². The number of hydrogen-bond donors (Lipinski definition) is 3. The van der Waals surface area contributed by atoms with Gasteiger partial charge in [-0.25, -0.2) is 4.79 Å². The second-order valence-electron chi connectivity index (χ2n) is 5.39. The third-order valence-electron chi connectivity index (χ3n) is 3.47. The van der Waals surface area contributed by atoms with Crippen molar-refractivity contribution < 1.29 is 19.5 Å². The molecule has 0 unspecified atom stereocenters. The smallest absolute Gasteiger partial charge is 0.326 e. The summed E-state index contributed by atoms with van der Waals surface area (Å²) in [5.74, 6) is -2.02. The molecule has 0 aliphatic carbocycles. The fraction of sp³-hybridized carbons (Fsp3) is 0.167. The van der Waals surface area contributed by atoms with Crippen LogP contribution in [0.15, 0.2) is 53.0 Å². The van der Waals surface area contributed by atoms with Crippen molar-refractivity contribution in [3.8, 4) is 0 Å². The molecule has 0 fully saturated rings. The summed E-state index contributed by atoms with van der Waals surface area (Å²) in [7, 11) is 0. The number of nitrogens with one attached hydrogen (secondary N) is 2. The Morgan fingerprint density at radius 1 is 1.08 bits per heavy atom. The van der Waals surface area contributed by atoms with Crippen LogP contribution in [0, 0.1) is 0 Å². The molecule has 0 saturated carbocycles. The molecule has 7 heteroatoms. The summed E-state index contributed by atoms with van der Waals surface area (Å²) in [6.07, 6.45) is 0.130. The number of anilines is 1. The van der Waals surface area contributed by atoms with Gasteiger partial charge >= 0.3 is 5.97 Å². The quantitative estimate of drug-likeness (QED) is 0.689. The number of carbonyl (C=O) groups is 3. The van der Waals surface area contributed by atoms with Gasteiger partial charge in [0.2, 0.25) is 5.91 Å². The van der Waals surface area contributed by atoms with Gasteiger partial charge in [0.1, 0.15) is 6.04 Å². The zero-order chi connectivity index (χ0) is 18.4. The van der Waals surface area contributed by atoms with Gasteiger partial charge in [0, 0.05) is 17.8 Å². The van der Waals surface area contributed by atoms with Gasteiger partial charge in [-0.2, -0.15) is 0 Å². The van der Waals surface area contributed by atoms with Crippen molar-refractivity contribution in [2.75, 3.05) is 5.32 Å². The molecule has 2 rings (SSSR count). The van der Waals surface area contributed by atoms with E-state index < -0.39 is 17.9 Å². The number of benzene rings is 2. The number of para-hydroxylation sites is 1. The van der Waals surface area contributed by atoms with Gasteiger partial charge in [0.25, 0.3) is 5.91 Å². The molecule has 0 saturated heterocycles. The molecule has 0 radical (unpaired) electrons. The molecule has 2 aromatic rings. The first-order chi connectivity index (χ1) is 11.9. The van der Waals surface area contributed by atoms with E-state index in [-0.39, 0.29) is 17.9 Å². The molecule has 0 spiro atoms. The number of carboxylic acid groups (broad SMARTS) is 1. The highest BCUT2D eigenvalue weighted by Crippen LogP contribution is 2.19. The Labute approximate surface area is 153 Å². The van der Waals surface area contributed by atoms with Crippen LogP contribution in [0.4, 0.5) is 5.69 Å². The Kier molecular flexibility index (Phi) is 6.30. The Morgan fingerprint density at radius 3 is 2.36 bits per heavy atom. The SMILES string of the molecule is CC(=O)Nc1ccccc1C(=O)N[C@H](Cc1ccccc1Br)C(=O)O. The van der Waals surface area contributed by atoms with Crippen molar-refractivity contribution in [2.45, 2.75) is 19.4 Å². The molecule has 6 nitrogen and oxygen atoms in total. The maximum Gasteiger partial charge on any atom is 0.326 e. The predicted molar refractivity (Wildman–Crippen MR) is 97.5 cm³/mol. The highest BCUT2D eigenvalue weighted by atomic mass is 79.9. The average molecular weight is 405 g/mol. The van der Waals surface area contributed by atoms with Crippen LogP contribution in [0.25, 0.3) is 0 Å². The minimum atomic E-state index is -1.14. The minimum Gasteiger partial charge on any atom is -0.480 e. The number of halogens is 1. The third kappa shape index (κ3) is 5.15.